The first-order valence-electron chi connectivity index (χ1n) is 10.2. The van der Waals surface area contributed by atoms with Crippen LogP contribution in [-0.2, 0) is 10.0 Å². The summed E-state index contributed by atoms with van der Waals surface area (Å²) < 4.78 is 29.1. The van der Waals surface area contributed by atoms with Crippen molar-refractivity contribution in [1.29, 1.82) is 0 Å². The number of aromatic nitrogens is 1. The molecule has 0 saturated carbocycles. The number of amidine groups is 1. The fraction of sp³-hybridized carbons (Fsp3) is 0.273. The highest BCUT2D eigenvalue weighted by molar-refractivity contribution is 7.90. The topological polar surface area (TPSA) is 97.9 Å². The van der Waals surface area contributed by atoms with Crippen molar-refractivity contribution >= 4 is 38.4 Å². The van der Waals surface area contributed by atoms with Gasteiger partial charge in [0, 0.05) is 43.5 Å². The molecule has 1 aromatic heterocycles. The zero-order chi connectivity index (χ0) is 21.6. The first-order valence-corrected chi connectivity index (χ1v) is 11.6. The largest absolute Gasteiger partial charge is 0.361 e. The van der Waals surface area contributed by atoms with Crippen molar-refractivity contribution in [2.24, 2.45) is 4.40 Å². The van der Waals surface area contributed by atoms with E-state index in [2.05, 4.69) is 19.6 Å². The molecular weight excluding hydrogens is 414 g/mol. The maximum absolute atomic E-state index is 12.9. The molecule has 2 aliphatic heterocycles. The molecule has 0 bridgehead atoms. The highest BCUT2D eigenvalue weighted by Crippen LogP contribution is 2.28. The minimum absolute atomic E-state index is 0.0103. The third kappa shape index (κ3) is 3.82. The Bertz CT molecular complexity index is 1300. The fourth-order valence-electron chi connectivity index (χ4n) is 4.07. The number of fused-ring (bicyclic) bond motifs is 2. The number of hydrogen-bond acceptors (Lipinski definition) is 5. The molecule has 0 radical (unpaired) electrons. The molecule has 5 rings (SSSR count). The minimum Gasteiger partial charge on any atom is -0.361 e. The molecule has 8 nitrogen and oxygen atoms in total. The molecular formula is C22H23N5O3S. The molecule has 9 heteroatoms. The number of piperazine rings is 1. The second kappa shape index (κ2) is 7.51. The van der Waals surface area contributed by atoms with E-state index in [-0.39, 0.29) is 10.8 Å². The summed E-state index contributed by atoms with van der Waals surface area (Å²) in [7, 11) is -3.71. The van der Waals surface area contributed by atoms with Gasteiger partial charge in [-0.15, -0.1) is 4.40 Å². The second-order valence-corrected chi connectivity index (χ2v) is 9.56. The van der Waals surface area contributed by atoms with Crippen molar-refractivity contribution in [3.8, 4) is 0 Å². The number of nitrogens with zero attached hydrogens (tertiary/aromatic N) is 3. The third-order valence-electron chi connectivity index (χ3n) is 5.76. The Hall–Kier alpha value is -3.17. The van der Waals surface area contributed by atoms with Crippen LogP contribution >= 0.6 is 0 Å². The quantitative estimate of drug-likeness (QED) is 0.656. The molecule has 3 heterocycles. The molecule has 0 atom stereocenters. The molecule has 31 heavy (non-hydrogen) atoms. The number of rotatable bonds is 3. The van der Waals surface area contributed by atoms with Crippen LogP contribution in [0.5, 0.6) is 0 Å². The normalized spacial score (nSPS) is 18.4. The lowest BCUT2D eigenvalue weighted by molar-refractivity contribution is 0.0654. The van der Waals surface area contributed by atoms with Crippen molar-refractivity contribution in [1.82, 2.24) is 14.8 Å². The molecule has 2 aliphatic rings. The third-order valence-corrected chi connectivity index (χ3v) is 7.11. The average molecular weight is 438 g/mol. The van der Waals surface area contributed by atoms with Crippen molar-refractivity contribution in [3.05, 3.63) is 59.8 Å². The highest BCUT2D eigenvalue weighted by atomic mass is 32.2. The average Bonchev–Trinajstić information content (AvgIpc) is 3.22. The van der Waals surface area contributed by atoms with Crippen LogP contribution in [0.15, 0.2) is 58.0 Å². The van der Waals surface area contributed by atoms with Crippen LogP contribution in [0.2, 0.25) is 0 Å². The smallest absolute Gasteiger partial charge is 0.286 e. The maximum Gasteiger partial charge on any atom is 0.286 e. The van der Waals surface area contributed by atoms with Gasteiger partial charge in [-0.1, -0.05) is 12.1 Å². The number of carbonyl (C=O) groups excluding carboxylic acids is 1. The minimum atomic E-state index is -3.71. The lowest BCUT2D eigenvalue weighted by Gasteiger charge is -2.35. The number of nitrogens with one attached hydrogen (secondary N) is 2. The summed E-state index contributed by atoms with van der Waals surface area (Å²) in [6.45, 7) is 4.71. The Morgan fingerprint density at radius 2 is 1.87 bits per heavy atom. The molecule has 0 spiro atoms. The lowest BCUT2D eigenvalue weighted by atomic mass is 10.1. The highest BCUT2D eigenvalue weighted by Gasteiger charge is 2.28. The lowest BCUT2D eigenvalue weighted by Crippen LogP contribution is -2.50. The van der Waals surface area contributed by atoms with Gasteiger partial charge in [0.2, 0.25) is 0 Å². The number of anilines is 1. The van der Waals surface area contributed by atoms with Gasteiger partial charge >= 0.3 is 0 Å². The summed E-state index contributed by atoms with van der Waals surface area (Å²) in [5, 5.41) is 4.22. The second-order valence-electron chi connectivity index (χ2n) is 7.99. The van der Waals surface area contributed by atoms with Gasteiger partial charge in [-0.3, -0.25) is 9.69 Å². The Kier molecular flexibility index (Phi) is 4.79. The first-order chi connectivity index (χ1) is 14.9. The zero-order valence-electron chi connectivity index (χ0n) is 17.1. The molecule has 0 unspecified atom stereocenters. The summed E-state index contributed by atoms with van der Waals surface area (Å²) >= 11 is 0. The molecule has 1 fully saturated rings. The number of aryl methyl sites for hydroxylation is 1. The van der Waals surface area contributed by atoms with Gasteiger partial charge in [0.25, 0.3) is 15.9 Å². The van der Waals surface area contributed by atoms with Crippen molar-refractivity contribution in [3.63, 3.8) is 0 Å². The van der Waals surface area contributed by atoms with Crippen molar-refractivity contribution in [2.75, 3.05) is 38.0 Å². The number of aromatic amines is 1. The number of carbonyl (C=O) groups is 1. The van der Waals surface area contributed by atoms with Crippen LogP contribution in [0, 0.1) is 6.92 Å². The van der Waals surface area contributed by atoms with E-state index in [0.717, 1.165) is 16.5 Å². The summed E-state index contributed by atoms with van der Waals surface area (Å²) in [5.74, 6) is 0.421. The van der Waals surface area contributed by atoms with E-state index in [1.54, 1.807) is 12.1 Å². The summed E-state index contributed by atoms with van der Waals surface area (Å²) in [5.41, 5.74) is 3.05. The van der Waals surface area contributed by atoms with E-state index in [9.17, 15) is 13.2 Å². The Balaban J connectivity index is 1.23. The van der Waals surface area contributed by atoms with Crippen LogP contribution in [0.4, 0.5) is 5.69 Å². The molecule has 0 aliphatic carbocycles. The standard InChI is InChI=1S/C22H23N5O3S/c1-15-2-5-18-20(12-15)31(29,30)25-21(24-18)14-26-8-10-27(11-9-26)22(28)17-4-3-16-6-7-23-19(16)13-17/h2-7,12-13,23H,8-11,14H2,1H3,(H,24,25). The molecule has 2 aromatic carbocycles. The van der Waals surface area contributed by atoms with Crippen molar-refractivity contribution < 1.29 is 13.2 Å². The van der Waals surface area contributed by atoms with Crippen LogP contribution in [0.25, 0.3) is 10.9 Å². The van der Waals surface area contributed by atoms with E-state index in [0.29, 0.717) is 49.8 Å². The number of amides is 1. The van der Waals surface area contributed by atoms with Crippen molar-refractivity contribution in [2.45, 2.75) is 11.8 Å². The number of sulfonamides is 1. The van der Waals surface area contributed by atoms with Gasteiger partial charge in [-0.2, -0.15) is 8.42 Å². The molecule has 1 amide bonds. The zero-order valence-corrected chi connectivity index (χ0v) is 17.9. The van der Waals surface area contributed by atoms with E-state index in [1.807, 2.05) is 48.4 Å². The van der Waals surface area contributed by atoms with Gasteiger partial charge in [-0.25, -0.2) is 0 Å². The SMILES string of the molecule is Cc1ccc2c(c1)S(=O)(=O)N=C(CN1CCN(C(=O)c3ccc4cc[nH]c4c3)CC1)N2. The Morgan fingerprint density at radius 3 is 2.68 bits per heavy atom. The molecule has 2 N–H and O–H groups in total. The van der Waals surface area contributed by atoms with Gasteiger partial charge in [0.05, 0.1) is 12.2 Å². The van der Waals surface area contributed by atoms with Crippen LogP contribution in [-0.4, -0.2) is 67.7 Å². The summed E-state index contributed by atoms with van der Waals surface area (Å²) in [6.07, 6.45) is 1.86. The van der Waals surface area contributed by atoms with Gasteiger partial charge in [0.1, 0.15) is 10.7 Å². The van der Waals surface area contributed by atoms with Crippen LogP contribution in [0.1, 0.15) is 15.9 Å². The van der Waals surface area contributed by atoms with Gasteiger partial charge in [0.15, 0.2) is 0 Å². The van der Waals surface area contributed by atoms with Crippen LogP contribution in [0.3, 0.4) is 0 Å². The molecule has 3 aromatic rings. The van der Waals surface area contributed by atoms with Gasteiger partial charge < -0.3 is 15.2 Å². The van der Waals surface area contributed by atoms with Crippen LogP contribution < -0.4 is 5.32 Å². The Labute approximate surface area is 180 Å². The fourth-order valence-corrected chi connectivity index (χ4v) is 5.30. The van der Waals surface area contributed by atoms with E-state index < -0.39 is 10.0 Å². The van der Waals surface area contributed by atoms with E-state index in [1.165, 1.54) is 0 Å². The number of H-pyrrole nitrogens is 1. The summed E-state index contributed by atoms with van der Waals surface area (Å²) in [6, 6.07) is 12.9. The molecule has 160 valence electrons. The maximum atomic E-state index is 12.9. The predicted molar refractivity (Wildman–Crippen MR) is 120 cm³/mol. The van der Waals surface area contributed by atoms with E-state index in [4.69, 9.17) is 0 Å². The first kappa shape index (κ1) is 19.8. The van der Waals surface area contributed by atoms with Gasteiger partial charge in [-0.05, 0) is 48.2 Å². The monoisotopic (exact) mass is 437 g/mol. The number of hydrogen-bond donors (Lipinski definition) is 2. The molecule has 1 saturated heterocycles. The Morgan fingerprint density at radius 1 is 1.06 bits per heavy atom. The summed E-state index contributed by atoms with van der Waals surface area (Å²) in [4.78, 5) is 20.2. The number of benzene rings is 2. The van der Waals surface area contributed by atoms with E-state index >= 15 is 0 Å². The predicted octanol–water partition coefficient (Wildman–Crippen LogP) is 2.45.